The van der Waals surface area contributed by atoms with Gasteiger partial charge in [0, 0.05) is 12.5 Å². The van der Waals surface area contributed by atoms with E-state index < -0.39 is 0 Å². The first-order valence-electron chi connectivity index (χ1n) is 4.17. The summed E-state index contributed by atoms with van der Waals surface area (Å²) in [6.07, 6.45) is 1.90. The van der Waals surface area contributed by atoms with Gasteiger partial charge in [-0.2, -0.15) is 0 Å². The highest BCUT2D eigenvalue weighted by atomic mass is 16.3. The Morgan fingerprint density at radius 2 is 2.08 bits per heavy atom. The zero-order valence-electron chi connectivity index (χ0n) is 6.96. The normalized spacial score (nSPS) is 15.5. The number of ketones is 1. The van der Waals surface area contributed by atoms with Crippen molar-refractivity contribution in [2.75, 3.05) is 0 Å². The third kappa shape index (κ3) is 1.24. The fourth-order valence-corrected chi connectivity index (χ4v) is 1.67. The zero-order chi connectivity index (χ0) is 9.42. The van der Waals surface area contributed by atoms with Gasteiger partial charge in [-0.05, 0) is 18.4 Å². The maximum Gasteiger partial charge on any atom is 0.250 e. The molecule has 1 aromatic rings. The Morgan fingerprint density at radius 1 is 1.31 bits per heavy atom. The molecule has 0 saturated carbocycles. The molecule has 2 N–H and O–H groups in total. The second-order valence-electron chi connectivity index (χ2n) is 3.16. The van der Waals surface area contributed by atoms with Gasteiger partial charge in [-0.3, -0.25) is 14.6 Å². The van der Waals surface area contributed by atoms with Crippen molar-refractivity contribution in [1.82, 2.24) is 4.98 Å². The number of aryl methyl sites for hydroxylation is 1. The standard InChI is InChI=1S/C9H9NO3/c11-6-3-1-2-5-4-7(12)10-9(13)8(5)6/h4H,1-3H2,(H2,10,12,13). The monoisotopic (exact) mass is 179 g/mol. The number of H-pyrrole nitrogens is 1. The van der Waals surface area contributed by atoms with Gasteiger partial charge in [-0.15, -0.1) is 0 Å². The van der Waals surface area contributed by atoms with E-state index in [-0.39, 0.29) is 17.2 Å². The average Bonchev–Trinajstić information content (AvgIpc) is 2.02. The highest BCUT2D eigenvalue weighted by Crippen LogP contribution is 2.25. The number of hydrogen-bond acceptors (Lipinski definition) is 3. The molecule has 0 saturated heterocycles. The Hall–Kier alpha value is -1.58. The summed E-state index contributed by atoms with van der Waals surface area (Å²) in [5.74, 6) is -0.373. The maximum atomic E-state index is 11.3. The van der Waals surface area contributed by atoms with E-state index in [2.05, 4.69) is 4.98 Å². The number of Topliss-reactive ketones (excluding diaryl/α,β-unsaturated/α-hetero) is 1. The number of aromatic hydroxyl groups is 1. The van der Waals surface area contributed by atoms with Gasteiger partial charge in [0.1, 0.15) is 0 Å². The van der Waals surface area contributed by atoms with E-state index in [0.29, 0.717) is 24.0 Å². The summed E-state index contributed by atoms with van der Waals surface area (Å²) in [4.78, 5) is 24.5. The Bertz CT molecular complexity index is 419. The molecule has 0 radical (unpaired) electrons. The lowest BCUT2D eigenvalue weighted by Gasteiger charge is -2.14. The summed E-state index contributed by atoms with van der Waals surface area (Å²) >= 11 is 0. The predicted molar refractivity (Wildman–Crippen MR) is 46.0 cm³/mol. The number of fused-ring (bicyclic) bond motifs is 1. The number of nitrogens with one attached hydrogen (secondary N) is 1. The van der Waals surface area contributed by atoms with Gasteiger partial charge < -0.3 is 5.11 Å². The average molecular weight is 179 g/mol. The summed E-state index contributed by atoms with van der Waals surface area (Å²) in [6, 6.07) is 1.38. The Kier molecular flexibility index (Phi) is 1.69. The smallest absolute Gasteiger partial charge is 0.250 e. The molecule has 0 aromatic carbocycles. The largest absolute Gasteiger partial charge is 0.494 e. The molecule has 0 atom stereocenters. The van der Waals surface area contributed by atoms with Crippen molar-refractivity contribution in [3.05, 3.63) is 27.5 Å². The lowest BCUT2D eigenvalue weighted by molar-refractivity contribution is 0.0968. The van der Waals surface area contributed by atoms with Crippen LogP contribution >= 0.6 is 0 Å². The summed E-state index contributed by atoms with van der Waals surface area (Å²) < 4.78 is 0. The third-order valence-electron chi connectivity index (χ3n) is 2.23. The molecule has 0 unspecified atom stereocenters. The van der Waals surface area contributed by atoms with Crippen LogP contribution in [0.15, 0.2) is 10.9 Å². The van der Waals surface area contributed by atoms with E-state index >= 15 is 0 Å². The molecule has 68 valence electrons. The molecule has 1 aliphatic rings. The van der Waals surface area contributed by atoms with Crippen molar-refractivity contribution in [3.8, 4) is 5.88 Å². The first-order chi connectivity index (χ1) is 6.18. The van der Waals surface area contributed by atoms with E-state index in [4.69, 9.17) is 0 Å². The number of carbonyl (C=O) groups is 1. The van der Waals surface area contributed by atoms with Crippen LogP contribution in [0.3, 0.4) is 0 Å². The second-order valence-corrected chi connectivity index (χ2v) is 3.16. The molecule has 1 aliphatic carbocycles. The van der Waals surface area contributed by atoms with Gasteiger partial charge in [0.25, 0.3) is 5.56 Å². The van der Waals surface area contributed by atoms with Crippen LogP contribution in [0.1, 0.15) is 28.8 Å². The fraction of sp³-hybridized carbons (Fsp3) is 0.333. The van der Waals surface area contributed by atoms with Gasteiger partial charge in [0.05, 0.1) is 5.56 Å². The summed E-state index contributed by atoms with van der Waals surface area (Å²) in [5, 5.41) is 9.33. The number of rotatable bonds is 0. The molecule has 0 aliphatic heterocycles. The molecular formula is C9H9NO3. The van der Waals surface area contributed by atoms with Crippen LogP contribution in [0.2, 0.25) is 0 Å². The molecular weight excluding hydrogens is 170 g/mol. The predicted octanol–water partition coefficient (Wildman–Crippen LogP) is 0.599. The molecule has 4 heteroatoms. The minimum absolute atomic E-state index is 0.0880. The van der Waals surface area contributed by atoms with Crippen LogP contribution in [0, 0.1) is 0 Å². The molecule has 13 heavy (non-hydrogen) atoms. The second kappa shape index (κ2) is 2.73. The first-order valence-corrected chi connectivity index (χ1v) is 4.17. The van der Waals surface area contributed by atoms with Crippen LogP contribution in [0.25, 0.3) is 0 Å². The van der Waals surface area contributed by atoms with Crippen molar-refractivity contribution in [3.63, 3.8) is 0 Å². The van der Waals surface area contributed by atoms with Crippen molar-refractivity contribution in [2.24, 2.45) is 0 Å². The molecule has 4 nitrogen and oxygen atoms in total. The number of pyridine rings is 1. The van der Waals surface area contributed by atoms with E-state index in [1.165, 1.54) is 6.07 Å². The number of aromatic amines is 1. The van der Waals surface area contributed by atoms with Gasteiger partial charge in [0.15, 0.2) is 5.78 Å². The van der Waals surface area contributed by atoms with E-state index in [0.717, 1.165) is 6.42 Å². The minimum Gasteiger partial charge on any atom is -0.494 e. The van der Waals surface area contributed by atoms with Crippen molar-refractivity contribution >= 4 is 5.78 Å². The van der Waals surface area contributed by atoms with Gasteiger partial charge in [0.2, 0.25) is 5.88 Å². The molecule has 1 aromatic heterocycles. The summed E-state index contributed by atoms with van der Waals surface area (Å²) in [5.41, 5.74) is 0.606. The van der Waals surface area contributed by atoms with Crippen LogP contribution in [0.4, 0.5) is 0 Å². The van der Waals surface area contributed by atoms with Crippen LogP contribution in [-0.2, 0) is 6.42 Å². The number of aromatic nitrogens is 1. The number of carbonyl (C=O) groups excluding carboxylic acids is 1. The Balaban J connectivity index is 2.70. The van der Waals surface area contributed by atoms with Gasteiger partial charge >= 0.3 is 0 Å². The molecule has 0 amide bonds. The third-order valence-corrected chi connectivity index (χ3v) is 2.23. The van der Waals surface area contributed by atoms with Crippen molar-refractivity contribution in [2.45, 2.75) is 19.3 Å². The maximum absolute atomic E-state index is 11.3. The molecule has 0 spiro atoms. The van der Waals surface area contributed by atoms with Crippen LogP contribution in [0.5, 0.6) is 5.88 Å². The number of hydrogen-bond donors (Lipinski definition) is 2. The molecule has 1 heterocycles. The van der Waals surface area contributed by atoms with Crippen LogP contribution < -0.4 is 5.56 Å². The molecule has 2 rings (SSSR count). The highest BCUT2D eigenvalue weighted by Gasteiger charge is 2.21. The lowest BCUT2D eigenvalue weighted by atomic mass is 9.92. The fourth-order valence-electron chi connectivity index (χ4n) is 1.67. The summed E-state index contributed by atoms with van der Waals surface area (Å²) in [6.45, 7) is 0. The SMILES string of the molecule is O=C1CCCc2cc(=O)[nH]c(O)c21. The molecule has 0 bridgehead atoms. The van der Waals surface area contributed by atoms with E-state index in [1.807, 2.05) is 0 Å². The van der Waals surface area contributed by atoms with E-state index in [9.17, 15) is 14.7 Å². The molecule has 0 fully saturated rings. The lowest BCUT2D eigenvalue weighted by Crippen LogP contribution is -2.17. The van der Waals surface area contributed by atoms with E-state index in [1.54, 1.807) is 0 Å². The topological polar surface area (TPSA) is 70.2 Å². The van der Waals surface area contributed by atoms with Gasteiger partial charge in [-0.1, -0.05) is 0 Å². The Morgan fingerprint density at radius 3 is 2.85 bits per heavy atom. The minimum atomic E-state index is -0.356. The first kappa shape index (κ1) is 8.04. The highest BCUT2D eigenvalue weighted by molar-refractivity contribution is 6.00. The van der Waals surface area contributed by atoms with Crippen LogP contribution in [-0.4, -0.2) is 15.9 Å². The quantitative estimate of drug-likeness (QED) is 0.612. The van der Waals surface area contributed by atoms with Crippen molar-refractivity contribution in [1.29, 1.82) is 0 Å². The zero-order valence-corrected chi connectivity index (χ0v) is 6.96. The van der Waals surface area contributed by atoms with Gasteiger partial charge in [-0.25, -0.2) is 0 Å². The summed E-state index contributed by atoms with van der Waals surface area (Å²) in [7, 11) is 0. The van der Waals surface area contributed by atoms with Crippen molar-refractivity contribution < 1.29 is 9.90 Å². The Labute approximate surface area is 74.2 Å².